The molecule has 9 heteroatoms. The van der Waals surface area contributed by atoms with Crippen LogP contribution in [0.1, 0.15) is 150 Å². The van der Waals surface area contributed by atoms with Crippen molar-refractivity contribution in [2.45, 2.75) is 141 Å². The van der Waals surface area contributed by atoms with Gasteiger partial charge in [-0.2, -0.15) is 13.2 Å². The van der Waals surface area contributed by atoms with E-state index in [1.807, 2.05) is 0 Å². The highest BCUT2D eigenvalue weighted by molar-refractivity contribution is 6.74. The Morgan fingerprint density at radius 1 is 1.09 bits per heavy atom. The molecule has 0 bridgehead atoms. The average Bonchev–Trinajstić information content (AvgIpc) is 3.49. The number of aliphatic carboxylic acids is 1. The summed E-state index contributed by atoms with van der Waals surface area (Å²) < 4.78 is 54.8. The van der Waals surface area contributed by atoms with E-state index in [9.17, 15) is 23.1 Å². The molecule has 0 radical (unpaired) electrons. The van der Waals surface area contributed by atoms with Crippen LogP contribution in [-0.2, 0) is 25.7 Å². The van der Waals surface area contributed by atoms with Crippen LogP contribution >= 0.6 is 0 Å². The zero-order valence-corrected chi connectivity index (χ0v) is 28.6. The number of alkyl halides is 3. The van der Waals surface area contributed by atoms with E-state index in [4.69, 9.17) is 14.1 Å². The van der Waals surface area contributed by atoms with Crippen molar-refractivity contribution in [3.8, 4) is 0 Å². The second kappa shape index (κ2) is 10.9. The Bertz CT molecular complexity index is 1420. The third-order valence-electron chi connectivity index (χ3n) is 10.8. The molecule has 1 aromatic carbocycles. The van der Waals surface area contributed by atoms with Crippen LogP contribution in [0.25, 0.3) is 0 Å². The summed E-state index contributed by atoms with van der Waals surface area (Å²) in [4.78, 5) is 17.6. The summed E-state index contributed by atoms with van der Waals surface area (Å²) >= 11 is 0. The van der Waals surface area contributed by atoms with Crippen LogP contribution in [0.15, 0.2) is 24.3 Å². The molecule has 1 N–H and O–H groups in total. The number of nitrogens with zero attached hydrogens (tertiary/aromatic N) is 1. The standard InChI is InChI=1S/C35H48F3NO4Si/c1-20(2)29-27-28(34(16-10-11-17-34)42-31(27)21-12-14-22(15-13-21)35(36,37)38)26-24(43-44(8,9)32(3,4)5)19-33(6,7)23(18-25(40)41)30(26)39-29/h12-15,20,23-24,31H,10-11,16-19H2,1-9H3,(H,40,41)/t23-,24+,31-/m1/s1. The van der Waals surface area contributed by atoms with E-state index in [1.165, 1.54) is 12.1 Å². The van der Waals surface area contributed by atoms with E-state index in [0.29, 0.717) is 12.0 Å². The molecule has 1 spiro atoms. The van der Waals surface area contributed by atoms with Gasteiger partial charge in [-0.05, 0) is 72.0 Å². The Hall–Kier alpha value is -2.23. The van der Waals surface area contributed by atoms with Crippen molar-refractivity contribution < 1.29 is 32.2 Å². The molecule has 2 aliphatic carbocycles. The normalized spacial score (nSPS) is 24.5. The molecule has 242 valence electrons. The van der Waals surface area contributed by atoms with Gasteiger partial charge in [-0.3, -0.25) is 9.78 Å². The molecule has 0 unspecified atom stereocenters. The van der Waals surface area contributed by atoms with Crippen LogP contribution in [0, 0.1) is 5.41 Å². The first-order valence-corrected chi connectivity index (χ1v) is 18.9. The van der Waals surface area contributed by atoms with Crippen molar-refractivity contribution in [2.24, 2.45) is 5.41 Å². The Morgan fingerprint density at radius 3 is 2.18 bits per heavy atom. The summed E-state index contributed by atoms with van der Waals surface area (Å²) in [5, 5.41) is 10.0. The van der Waals surface area contributed by atoms with Crippen molar-refractivity contribution in [3.05, 3.63) is 63.5 Å². The van der Waals surface area contributed by atoms with E-state index in [2.05, 4.69) is 61.6 Å². The lowest BCUT2D eigenvalue weighted by Crippen LogP contribution is -2.45. The van der Waals surface area contributed by atoms with E-state index < -0.39 is 37.7 Å². The van der Waals surface area contributed by atoms with Gasteiger partial charge in [-0.25, -0.2) is 0 Å². The number of halogens is 3. The van der Waals surface area contributed by atoms with Crippen molar-refractivity contribution in [1.29, 1.82) is 0 Å². The Morgan fingerprint density at radius 2 is 1.68 bits per heavy atom. The number of carboxylic acids is 1. The molecule has 0 amide bonds. The first-order chi connectivity index (χ1) is 20.2. The highest BCUT2D eigenvalue weighted by Crippen LogP contribution is 2.62. The monoisotopic (exact) mass is 631 g/mol. The molecule has 1 fully saturated rings. The van der Waals surface area contributed by atoms with Crippen molar-refractivity contribution >= 4 is 14.3 Å². The molecule has 1 aliphatic heterocycles. The van der Waals surface area contributed by atoms with E-state index >= 15 is 0 Å². The van der Waals surface area contributed by atoms with E-state index in [1.54, 1.807) is 0 Å². The lowest BCUT2D eigenvalue weighted by molar-refractivity contribution is -0.139. The second-order valence-electron chi connectivity index (χ2n) is 15.8. The molecule has 0 saturated heterocycles. The SMILES string of the molecule is CC(C)c1nc2c(c3c1[C@@H](c1ccc(C(F)(F)F)cc1)OC31CCCC1)[C@@H](O[Si](C)(C)C(C)(C)C)CC(C)(C)[C@@H]2CC(=O)O. The van der Waals surface area contributed by atoms with Crippen molar-refractivity contribution in [2.75, 3.05) is 0 Å². The maximum absolute atomic E-state index is 13.5. The van der Waals surface area contributed by atoms with Crippen LogP contribution < -0.4 is 0 Å². The molecule has 44 heavy (non-hydrogen) atoms. The number of carbonyl (C=O) groups is 1. The fourth-order valence-corrected chi connectivity index (χ4v) is 8.72. The summed E-state index contributed by atoms with van der Waals surface area (Å²) in [6, 6.07) is 5.34. The van der Waals surface area contributed by atoms with Crippen LogP contribution in [0.4, 0.5) is 13.2 Å². The third-order valence-corrected chi connectivity index (χ3v) is 15.3. The zero-order valence-electron chi connectivity index (χ0n) is 27.6. The molecular formula is C35H48F3NO4Si. The molecule has 5 rings (SSSR count). The fourth-order valence-electron chi connectivity index (χ4n) is 7.45. The molecule has 5 nitrogen and oxygen atoms in total. The maximum Gasteiger partial charge on any atom is 0.416 e. The van der Waals surface area contributed by atoms with E-state index in [-0.39, 0.29) is 34.8 Å². The largest absolute Gasteiger partial charge is 0.481 e. The van der Waals surface area contributed by atoms with Crippen molar-refractivity contribution in [1.82, 2.24) is 4.98 Å². The molecule has 3 atom stereocenters. The van der Waals surface area contributed by atoms with E-state index in [0.717, 1.165) is 65.9 Å². The van der Waals surface area contributed by atoms with Gasteiger partial charge in [0.15, 0.2) is 8.32 Å². The smallest absolute Gasteiger partial charge is 0.416 e. The van der Waals surface area contributed by atoms with Crippen LogP contribution in [-0.4, -0.2) is 24.4 Å². The summed E-state index contributed by atoms with van der Waals surface area (Å²) in [7, 11) is -2.29. The summed E-state index contributed by atoms with van der Waals surface area (Å²) in [5.74, 6) is -1.19. The van der Waals surface area contributed by atoms with Gasteiger partial charge in [-0.1, -0.05) is 73.4 Å². The molecule has 3 aliphatic rings. The molecule has 1 saturated carbocycles. The number of hydrogen-bond donors (Lipinski definition) is 1. The van der Waals surface area contributed by atoms with Crippen LogP contribution in [0.3, 0.4) is 0 Å². The second-order valence-corrected chi connectivity index (χ2v) is 20.5. The molecule has 2 aromatic rings. The molecule has 1 aromatic heterocycles. The van der Waals surface area contributed by atoms with Crippen LogP contribution in [0.5, 0.6) is 0 Å². The maximum atomic E-state index is 13.5. The van der Waals surface area contributed by atoms with Gasteiger partial charge >= 0.3 is 12.1 Å². The first kappa shape index (κ1) is 33.1. The number of carboxylic acid groups (broad SMARTS) is 1. The van der Waals surface area contributed by atoms with Gasteiger partial charge in [0.05, 0.1) is 29.4 Å². The van der Waals surface area contributed by atoms with Crippen LogP contribution in [0.2, 0.25) is 18.1 Å². The number of aromatic nitrogens is 1. The van der Waals surface area contributed by atoms with Gasteiger partial charge in [0.1, 0.15) is 6.10 Å². The minimum Gasteiger partial charge on any atom is -0.481 e. The quantitative estimate of drug-likeness (QED) is 0.321. The number of ether oxygens (including phenoxy) is 1. The molecular weight excluding hydrogens is 583 g/mol. The summed E-state index contributed by atoms with van der Waals surface area (Å²) in [6.07, 6.45) is -1.12. The first-order valence-electron chi connectivity index (χ1n) is 16.0. The number of hydrogen-bond acceptors (Lipinski definition) is 4. The number of benzene rings is 1. The summed E-state index contributed by atoms with van der Waals surface area (Å²) in [6.45, 7) is 19.5. The highest BCUT2D eigenvalue weighted by atomic mass is 28.4. The van der Waals surface area contributed by atoms with Gasteiger partial charge in [0, 0.05) is 22.7 Å². The number of pyridine rings is 1. The predicted octanol–water partition coefficient (Wildman–Crippen LogP) is 10.2. The lowest BCUT2D eigenvalue weighted by atomic mass is 9.63. The van der Waals surface area contributed by atoms with Gasteiger partial charge < -0.3 is 14.3 Å². The fraction of sp³-hybridized carbons (Fsp3) is 0.657. The van der Waals surface area contributed by atoms with Gasteiger partial charge in [-0.15, -0.1) is 0 Å². The Labute approximate surface area is 261 Å². The molecule has 2 heterocycles. The van der Waals surface area contributed by atoms with Crippen molar-refractivity contribution in [3.63, 3.8) is 0 Å². The minimum absolute atomic E-state index is 0.0126. The number of fused-ring (bicyclic) bond motifs is 4. The summed E-state index contributed by atoms with van der Waals surface area (Å²) in [5.41, 5.74) is 3.62. The predicted molar refractivity (Wildman–Crippen MR) is 167 cm³/mol. The number of rotatable bonds is 6. The average molecular weight is 632 g/mol. The minimum atomic E-state index is -4.43. The third kappa shape index (κ3) is 5.66. The zero-order chi connectivity index (χ0) is 32.6. The highest BCUT2D eigenvalue weighted by Gasteiger charge is 2.56. The Kier molecular flexibility index (Phi) is 8.24. The van der Waals surface area contributed by atoms with Gasteiger partial charge in [0.2, 0.25) is 0 Å². The Balaban J connectivity index is 1.82. The lowest BCUT2D eigenvalue weighted by Gasteiger charge is -2.48. The van der Waals surface area contributed by atoms with Gasteiger partial charge in [0.25, 0.3) is 0 Å². The topological polar surface area (TPSA) is 68.7 Å².